The van der Waals surface area contributed by atoms with Crippen LogP contribution >= 0.6 is 22.9 Å². The Hall–Kier alpha value is -0.210. The van der Waals surface area contributed by atoms with Gasteiger partial charge in [-0.15, -0.1) is 0 Å². The summed E-state index contributed by atoms with van der Waals surface area (Å²) in [7, 11) is 0.410. The molecule has 0 aliphatic heterocycles. The maximum absolute atomic E-state index is 12.0. The molecule has 0 aromatic carbocycles. The topological polar surface area (TPSA) is 62.3 Å². The third-order valence-corrected chi connectivity index (χ3v) is 5.18. The van der Waals surface area contributed by atoms with Crippen LogP contribution in [0.1, 0.15) is 13.8 Å². The molecule has 0 radical (unpaired) electrons. The molecule has 0 atom stereocenters. The average molecular weight is 312 g/mol. The Morgan fingerprint density at radius 3 is 2.56 bits per heavy atom. The number of thiazole rings is 1. The van der Waals surface area contributed by atoms with Crippen molar-refractivity contribution in [3.63, 3.8) is 0 Å². The van der Waals surface area contributed by atoms with E-state index in [4.69, 9.17) is 11.6 Å². The lowest BCUT2D eigenvalue weighted by Gasteiger charge is -2.28. The second-order valence-corrected chi connectivity index (χ2v) is 8.77. The Balaban J connectivity index is 2.68. The SMILES string of the molecule is CN(C)CC(C)(C)CNS(=O)(=O)c1cnc(Cl)s1. The van der Waals surface area contributed by atoms with E-state index in [0.717, 1.165) is 17.9 Å². The number of halogens is 1. The standard InChI is InChI=1S/C10H18ClN3O2S2/c1-10(2,7-14(3)4)6-13-18(15,16)8-5-12-9(11)17-8/h5,13H,6-7H2,1-4H3. The zero-order valence-corrected chi connectivity index (χ0v) is 13.3. The van der Waals surface area contributed by atoms with E-state index >= 15 is 0 Å². The highest BCUT2D eigenvalue weighted by Crippen LogP contribution is 2.23. The highest BCUT2D eigenvalue weighted by Gasteiger charge is 2.24. The molecule has 0 spiro atoms. The lowest BCUT2D eigenvalue weighted by atomic mass is 9.93. The first-order chi connectivity index (χ1) is 8.12. The molecule has 1 aromatic rings. The zero-order valence-electron chi connectivity index (χ0n) is 10.9. The summed E-state index contributed by atoms with van der Waals surface area (Å²) in [4.78, 5) is 5.76. The van der Waals surface area contributed by atoms with Crippen molar-refractivity contribution in [2.75, 3.05) is 27.2 Å². The second kappa shape index (κ2) is 5.83. The first-order valence-corrected chi connectivity index (χ1v) is 8.06. The van der Waals surface area contributed by atoms with Gasteiger partial charge in [0.2, 0.25) is 0 Å². The summed E-state index contributed by atoms with van der Waals surface area (Å²) in [6, 6.07) is 0. The van der Waals surface area contributed by atoms with Crippen molar-refractivity contribution in [2.24, 2.45) is 5.41 Å². The van der Waals surface area contributed by atoms with Gasteiger partial charge in [-0.05, 0) is 19.5 Å². The van der Waals surface area contributed by atoms with Crippen molar-refractivity contribution in [1.82, 2.24) is 14.6 Å². The van der Waals surface area contributed by atoms with E-state index in [9.17, 15) is 8.42 Å². The lowest BCUT2D eigenvalue weighted by Crippen LogP contribution is -2.39. The number of rotatable bonds is 6. The number of aromatic nitrogens is 1. The minimum absolute atomic E-state index is 0.146. The van der Waals surface area contributed by atoms with Crippen LogP contribution in [-0.4, -0.2) is 45.5 Å². The number of sulfonamides is 1. The largest absolute Gasteiger partial charge is 0.309 e. The van der Waals surface area contributed by atoms with Crippen molar-refractivity contribution >= 4 is 33.0 Å². The summed E-state index contributed by atoms with van der Waals surface area (Å²) in [5.41, 5.74) is -0.148. The van der Waals surface area contributed by atoms with Gasteiger partial charge >= 0.3 is 0 Å². The molecule has 0 saturated carbocycles. The summed E-state index contributed by atoms with van der Waals surface area (Å²) in [5, 5.41) is 0. The molecule has 1 heterocycles. The summed E-state index contributed by atoms with van der Waals surface area (Å²) in [6.45, 7) is 5.17. The van der Waals surface area contributed by atoms with Crippen LogP contribution in [0.2, 0.25) is 4.47 Å². The fourth-order valence-corrected chi connectivity index (χ4v) is 4.22. The smallest absolute Gasteiger partial charge is 0.251 e. The maximum atomic E-state index is 12.0. The first kappa shape index (κ1) is 15.8. The summed E-state index contributed by atoms with van der Waals surface area (Å²) >= 11 is 6.59. The lowest BCUT2D eigenvalue weighted by molar-refractivity contribution is 0.242. The summed E-state index contributed by atoms with van der Waals surface area (Å²) in [6.07, 6.45) is 1.27. The van der Waals surface area contributed by atoms with Gasteiger partial charge < -0.3 is 4.90 Å². The number of nitrogens with zero attached hydrogens (tertiary/aromatic N) is 2. The molecule has 0 aliphatic rings. The van der Waals surface area contributed by atoms with Crippen LogP contribution in [0.3, 0.4) is 0 Å². The Morgan fingerprint density at radius 2 is 2.11 bits per heavy atom. The van der Waals surface area contributed by atoms with E-state index in [1.807, 2.05) is 32.8 Å². The van der Waals surface area contributed by atoms with Crippen molar-refractivity contribution in [2.45, 2.75) is 18.1 Å². The average Bonchev–Trinajstić information content (AvgIpc) is 2.61. The molecule has 0 amide bonds. The third-order valence-electron chi connectivity index (χ3n) is 2.21. The molecule has 0 aliphatic carbocycles. The molecule has 5 nitrogen and oxygen atoms in total. The van der Waals surface area contributed by atoms with Gasteiger partial charge in [0.1, 0.15) is 0 Å². The quantitative estimate of drug-likeness (QED) is 0.868. The fourth-order valence-electron chi connectivity index (χ4n) is 1.64. The van der Waals surface area contributed by atoms with Crippen LogP contribution < -0.4 is 4.72 Å². The van der Waals surface area contributed by atoms with E-state index in [1.54, 1.807) is 0 Å². The predicted octanol–water partition coefficient (Wildman–Crippen LogP) is 1.66. The maximum Gasteiger partial charge on any atom is 0.251 e. The van der Waals surface area contributed by atoms with Gasteiger partial charge in [0.25, 0.3) is 10.0 Å². The molecule has 0 unspecified atom stereocenters. The minimum Gasteiger partial charge on any atom is -0.309 e. The minimum atomic E-state index is -3.51. The summed E-state index contributed by atoms with van der Waals surface area (Å²) in [5.74, 6) is 0. The zero-order chi connectivity index (χ0) is 14.0. The number of hydrogen-bond acceptors (Lipinski definition) is 5. The normalized spacial score (nSPS) is 13.2. The second-order valence-electron chi connectivity index (χ2n) is 5.16. The van der Waals surface area contributed by atoms with Crippen molar-refractivity contribution in [3.05, 3.63) is 10.7 Å². The molecular weight excluding hydrogens is 294 g/mol. The van der Waals surface area contributed by atoms with Gasteiger partial charge in [0.05, 0.1) is 6.20 Å². The molecule has 1 rings (SSSR count). The van der Waals surface area contributed by atoms with Crippen molar-refractivity contribution < 1.29 is 8.42 Å². The monoisotopic (exact) mass is 311 g/mol. The van der Waals surface area contributed by atoms with Gasteiger partial charge in [-0.1, -0.05) is 36.8 Å². The highest BCUT2D eigenvalue weighted by atomic mass is 35.5. The number of nitrogens with one attached hydrogen (secondary N) is 1. The Kier molecular flexibility index (Phi) is 5.13. The van der Waals surface area contributed by atoms with Gasteiger partial charge in [-0.3, -0.25) is 0 Å². The van der Waals surface area contributed by atoms with Gasteiger partial charge in [-0.2, -0.15) is 0 Å². The van der Waals surface area contributed by atoms with E-state index in [1.165, 1.54) is 6.20 Å². The fraction of sp³-hybridized carbons (Fsp3) is 0.700. The van der Waals surface area contributed by atoms with E-state index < -0.39 is 10.0 Å². The van der Waals surface area contributed by atoms with Crippen LogP contribution in [0.4, 0.5) is 0 Å². The molecule has 18 heavy (non-hydrogen) atoms. The van der Waals surface area contributed by atoms with Gasteiger partial charge in [-0.25, -0.2) is 18.1 Å². The van der Waals surface area contributed by atoms with Crippen molar-refractivity contribution in [3.8, 4) is 0 Å². The van der Waals surface area contributed by atoms with Crippen LogP contribution in [0.15, 0.2) is 10.4 Å². The van der Waals surface area contributed by atoms with Crippen molar-refractivity contribution in [1.29, 1.82) is 0 Å². The van der Waals surface area contributed by atoms with Crippen LogP contribution in [-0.2, 0) is 10.0 Å². The van der Waals surface area contributed by atoms with Gasteiger partial charge in [0, 0.05) is 13.1 Å². The molecule has 0 saturated heterocycles. The molecule has 0 bridgehead atoms. The first-order valence-electron chi connectivity index (χ1n) is 5.38. The predicted molar refractivity (Wildman–Crippen MR) is 74.6 cm³/mol. The molecule has 8 heteroatoms. The van der Waals surface area contributed by atoms with Gasteiger partial charge in [0.15, 0.2) is 8.68 Å². The Bertz CT molecular complexity index is 497. The Labute approximate surface area is 117 Å². The van der Waals surface area contributed by atoms with E-state index in [2.05, 4.69) is 9.71 Å². The van der Waals surface area contributed by atoms with Crippen LogP contribution in [0.5, 0.6) is 0 Å². The van der Waals surface area contributed by atoms with E-state index in [-0.39, 0.29) is 14.1 Å². The molecular formula is C10H18ClN3O2S2. The molecule has 1 N–H and O–H groups in total. The third kappa shape index (κ3) is 4.81. The Morgan fingerprint density at radius 1 is 1.50 bits per heavy atom. The van der Waals surface area contributed by atoms with Crippen LogP contribution in [0.25, 0.3) is 0 Å². The molecule has 1 aromatic heterocycles. The summed E-state index contributed by atoms with van der Waals surface area (Å²) < 4.78 is 26.9. The number of hydrogen-bond donors (Lipinski definition) is 1. The highest BCUT2D eigenvalue weighted by molar-refractivity contribution is 7.91. The van der Waals surface area contributed by atoms with E-state index in [0.29, 0.717) is 6.54 Å². The molecule has 104 valence electrons. The van der Waals surface area contributed by atoms with Crippen LogP contribution in [0, 0.1) is 5.41 Å². The molecule has 0 fully saturated rings.